The Morgan fingerprint density at radius 3 is 2.75 bits per heavy atom. The molecule has 0 radical (unpaired) electrons. The second-order valence-electron chi connectivity index (χ2n) is 3.62. The fourth-order valence-corrected chi connectivity index (χ4v) is 1.76. The molecule has 0 aliphatic rings. The molecule has 0 saturated carbocycles. The number of furan rings is 1. The summed E-state index contributed by atoms with van der Waals surface area (Å²) >= 11 is 3.12. The number of carbonyl (C=O) groups is 1. The number of halogens is 1. The smallest absolute Gasteiger partial charge is 0.282 e. The topological polar surface area (TPSA) is 97.7 Å². The first kappa shape index (κ1) is 13.9. The summed E-state index contributed by atoms with van der Waals surface area (Å²) in [5.41, 5.74) is 1.87. The third-order valence-corrected chi connectivity index (χ3v) is 2.72. The molecule has 0 fully saturated rings. The number of nitro benzene ring substituents is 1. The summed E-state index contributed by atoms with van der Waals surface area (Å²) < 4.78 is 5.67. The van der Waals surface area contributed by atoms with Gasteiger partial charge >= 0.3 is 0 Å². The second-order valence-corrected chi connectivity index (χ2v) is 4.40. The molecule has 1 heterocycles. The Balaban J connectivity index is 2.09. The van der Waals surface area contributed by atoms with E-state index >= 15 is 0 Å². The van der Waals surface area contributed by atoms with Crippen molar-refractivity contribution in [1.29, 1.82) is 0 Å². The number of rotatable bonds is 4. The summed E-state index contributed by atoms with van der Waals surface area (Å²) in [5.74, 6) is -0.237. The van der Waals surface area contributed by atoms with E-state index in [9.17, 15) is 14.9 Å². The average Bonchev–Trinajstić information content (AvgIpc) is 2.84. The number of carbonyl (C=O) groups excluding carboxylic acids is 1. The first-order valence-corrected chi connectivity index (χ1v) is 6.19. The van der Waals surface area contributed by atoms with Gasteiger partial charge in [-0.15, -0.1) is 0 Å². The van der Waals surface area contributed by atoms with Crippen LogP contribution in [0.3, 0.4) is 0 Å². The van der Waals surface area contributed by atoms with Gasteiger partial charge in [0.1, 0.15) is 11.3 Å². The lowest BCUT2D eigenvalue weighted by Gasteiger charge is -2.00. The van der Waals surface area contributed by atoms with E-state index in [1.165, 1.54) is 30.5 Å². The largest absolute Gasteiger partial charge is 0.448 e. The number of benzene rings is 1. The molecule has 1 N–H and O–H groups in total. The molecule has 0 aliphatic carbocycles. The van der Waals surface area contributed by atoms with E-state index < -0.39 is 10.8 Å². The maximum Gasteiger partial charge on any atom is 0.282 e. The Morgan fingerprint density at radius 2 is 2.10 bits per heavy atom. The highest BCUT2D eigenvalue weighted by molar-refractivity contribution is 9.10. The van der Waals surface area contributed by atoms with Gasteiger partial charge in [0.2, 0.25) is 0 Å². The van der Waals surface area contributed by atoms with Crippen LogP contribution in [0.15, 0.2) is 50.6 Å². The molecule has 7 nitrogen and oxygen atoms in total. The highest BCUT2D eigenvalue weighted by Gasteiger charge is 2.18. The maximum absolute atomic E-state index is 11.8. The van der Waals surface area contributed by atoms with E-state index in [1.807, 2.05) is 0 Å². The lowest BCUT2D eigenvalue weighted by atomic mass is 10.2. The van der Waals surface area contributed by atoms with Crippen molar-refractivity contribution in [1.82, 2.24) is 5.43 Å². The molecule has 0 unspecified atom stereocenters. The number of hydrazone groups is 1. The van der Waals surface area contributed by atoms with Crippen molar-refractivity contribution >= 4 is 33.7 Å². The van der Waals surface area contributed by atoms with Crippen LogP contribution < -0.4 is 5.43 Å². The molecular formula is C12H8BrN3O4. The Kier molecular flexibility index (Phi) is 4.26. The molecule has 2 rings (SSSR count). The normalized spacial score (nSPS) is 10.7. The van der Waals surface area contributed by atoms with Crippen molar-refractivity contribution in [3.63, 3.8) is 0 Å². The first-order chi connectivity index (χ1) is 9.58. The lowest BCUT2D eigenvalue weighted by molar-refractivity contribution is -0.385. The summed E-state index contributed by atoms with van der Waals surface area (Å²) in [7, 11) is 0. The van der Waals surface area contributed by atoms with Crippen molar-refractivity contribution in [2.45, 2.75) is 0 Å². The van der Waals surface area contributed by atoms with Gasteiger partial charge in [-0.1, -0.05) is 12.1 Å². The van der Waals surface area contributed by atoms with Gasteiger partial charge in [0, 0.05) is 6.07 Å². The lowest BCUT2D eigenvalue weighted by Crippen LogP contribution is -2.18. The van der Waals surface area contributed by atoms with Gasteiger partial charge in [-0.3, -0.25) is 14.9 Å². The minimum Gasteiger partial charge on any atom is -0.448 e. The van der Waals surface area contributed by atoms with E-state index in [2.05, 4.69) is 26.5 Å². The third kappa shape index (κ3) is 3.29. The van der Waals surface area contributed by atoms with Crippen LogP contribution in [0.25, 0.3) is 0 Å². The number of para-hydroxylation sites is 1. The van der Waals surface area contributed by atoms with Crippen LogP contribution in [0.4, 0.5) is 5.69 Å². The Bertz CT molecular complexity index is 681. The average molecular weight is 338 g/mol. The zero-order chi connectivity index (χ0) is 14.5. The summed E-state index contributed by atoms with van der Waals surface area (Å²) in [6, 6.07) is 8.94. The highest BCUT2D eigenvalue weighted by atomic mass is 79.9. The minimum atomic E-state index is -0.667. The van der Waals surface area contributed by atoms with E-state index in [1.54, 1.807) is 12.1 Å². The van der Waals surface area contributed by atoms with Crippen molar-refractivity contribution < 1.29 is 14.1 Å². The monoisotopic (exact) mass is 337 g/mol. The van der Waals surface area contributed by atoms with Crippen LogP contribution in [0.5, 0.6) is 0 Å². The molecule has 0 saturated heterocycles. The van der Waals surface area contributed by atoms with E-state index in [-0.39, 0.29) is 11.3 Å². The van der Waals surface area contributed by atoms with E-state index in [0.717, 1.165) is 0 Å². The maximum atomic E-state index is 11.8. The molecular weight excluding hydrogens is 330 g/mol. The highest BCUT2D eigenvalue weighted by Crippen LogP contribution is 2.17. The molecule has 1 aromatic heterocycles. The zero-order valence-corrected chi connectivity index (χ0v) is 11.5. The van der Waals surface area contributed by atoms with Crippen LogP contribution in [-0.4, -0.2) is 17.0 Å². The fraction of sp³-hybridized carbons (Fsp3) is 0. The number of nitrogens with zero attached hydrogens (tertiary/aromatic N) is 2. The summed E-state index contributed by atoms with van der Waals surface area (Å²) in [4.78, 5) is 22.0. The molecule has 0 aliphatic heterocycles. The van der Waals surface area contributed by atoms with Crippen LogP contribution in [-0.2, 0) is 0 Å². The van der Waals surface area contributed by atoms with E-state index in [4.69, 9.17) is 4.42 Å². The molecule has 1 aromatic carbocycles. The molecule has 0 bridgehead atoms. The number of hydrogen-bond acceptors (Lipinski definition) is 5. The molecule has 20 heavy (non-hydrogen) atoms. The molecule has 8 heteroatoms. The Hall–Kier alpha value is -2.48. The van der Waals surface area contributed by atoms with Gasteiger partial charge < -0.3 is 4.42 Å². The fourth-order valence-electron chi connectivity index (χ4n) is 1.44. The van der Waals surface area contributed by atoms with Crippen molar-refractivity contribution in [3.05, 3.63) is 62.5 Å². The number of nitrogens with one attached hydrogen (secondary N) is 1. The van der Waals surface area contributed by atoms with Gasteiger partial charge in [0.15, 0.2) is 4.67 Å². The van der Waals surface area contributed by atoms with Crippen LogP contribution in [0.2, 0.25) is 0 Å². The van der Waals surface area contributed by atoms with Crippen LogP contribution in [0.1, 0.15) is 16.1 Å². The van der Waals surface area contributed by atoms with Crippen molar-refractivity contribution in [2.24, 2.45) is 5.10 Å². The molecule has 1 amide bonds. The molecule has 0 spiro atoms. The zero-order valence-electron chi connectivity index (χ0n) is 9.95. The molecule has 0 atom stereocenters. The summed E-state index contributed by atoms with van der Waals surface area (Å²) in [6.07, 6.45) is 1.29. The van der Waals surface area contributed by atoms with Crippen molar-refractivity contribution in [2.75, 3.05) is 0 Å². The predicted molar refractivity (Wildman–Crippen MR) is 74.6 cm³/mol. The van der Waals surface area contributed by atoms with Gasteiger partial charge in [0.05, 0.1) is 11.1 Å². The van der Waals surface area contributed by atoms with Gasteiger partial charge in [-0.05, 0) is 34.1 Å². The van der Waals surface area contributed by atoms with Gasteiger partial charge in [0.25, 0.3) is 11.6 Å². The SMILES string of the molecule is O=C(N/N=C\c1ccc(Br)o1)c1ccccc1[N+](=O)[O-]. The van der Waals surface area contributed by atoms with Gasteiger partial charge in [-0.2, -0.15) is 5.10 Å². The quantitative estimate of drug-likeness (QED) is 0.526. The molecule has 2 aromatic rings. The standard InChI is InChI=1S/C12H8BrN3O4/c13-11-6-5-8(20-11)7-14-15-12(17)9-3-1-2-4-10(9)16(18)19/h1-7H,(H,15,17)/b14-7-. The second kappa shape index (κ2) is 6.11. The number of amides is 1. The molecule has 102 valence electrons. The minimum absolute atomic E-state index is 0.0599. The predicted octanol–water partition coefficient (Wildman–Crippen LogP) is 2.71. The van der Waals surface area contributed by atoms with Crippen molar-refractivity contribution in [3.8, 4) is 0 Å². The van der Waals surface area contributed by atoms with Crippen LogP contribution >= 0.6 is 15.9 Å². The third-order valence-electron chi connectivity index (χ3n) is 2.30. The Labute approximate surface area is 121 Å². The Morgan fingerprint density at radius 1 is 1.35 bits per heavy atom. The first-order valence-electron chi connectivity index (χ1n) is 5.40. The number of hydrogen-bond donors (Lipinski definition) is 1. The number of nitro groups is 1. The van der Waals surface area contributed by atoms with Crippen LogP contribution in [0, 0.1) is 10.1 Å². The summed E-state index contributed by atoms with van der Waals surface area (Å²) in [5, 5.41) is 14.5. The van der Waals surface area contributed by atoms with E-state index in [0.29, 0.717) is 10.4 Å². The van der Waals surface area contributed by atoms with Gasteiger partial charge in [-0.25, -0.2) is 5.43 Å². The summed E-state index contributed by atoms with van der Waals surface area (Å²) in [6.45, 7) is 0.